The minimum absolute atomic E-state index is 0.0676. The van der Waals surface area contributed by atoms with Crippen LogP contribution in [0.1, 0.15) is 181 Å². The monoisotopic (exact) mass is 817 g/mol. The van der Waals surface area contributed by atoms with Gasteiger partial charge < -0.3 is 21.1 Å². The zero-order valence-corrected chi connectivity index (χ0v) is 37.2. The number of phosphoric ester groups is 1. The number of carbonyl (C=O) groups excluding carboxylic acids is 1. The van der Waals surface area contributed by atoms with Crippen molar-refractivity contribution >= 4 is 13.7 Å². The summed E-state index contributed by atoms with van der Waals surface area (Å²) in [4.78, 5) is 22.7. The summed E-state index contributed by atoms with van der Waals surface area (Å²) in [6.45, 7) is 3.97. The van der Waals surface area contributed by atoms with Gasteiger partial charge in [0.05, 0.1) is 25.4 Å². The Hall–Kier alpha value is -2.32. The van der Waals surface area contributed by atoms with E-state index in [0.717, 1.165) is 83.5 Å². The Morgan fingerprint density at radius 1 is 0.596 bits per heavy atom. The Bertz CT molecular complexity index is 1160. The van der Waals surface area contributed by atoms with Gasteiger partial charge in [-0.2, -0.15) is 0 Å². The van der Waals surface area contributed by atoms with E-state index in [0.29, 0.717) is 6.42 Å². The summed E-state index contributed by atoms with van der Waals surface area (Å²) in [5.41, 5.74) is 5.37. The summed E-state index contributed by atoms with van der Waals surface area (Å²) in [5, 5.41) is 13.7. The summed E-state index contributed by atoms with van der Waals surface area (Å²) < 4.78 is 22.1. The van der Waals surface area contributed by atoms with Gasteiger partial charge in [-0.1, -0.05) is 182 Å². The van der Waals surface area contributed by atoms with Crippen molar-refractivity contribution in [1.82, 2.24) is 5.32 Å². The van der Waals surface area contributed by atoms with E-state index in [-0.39, 0.29) is 25.7 Å². The molecule has 3 atom stereocenters. The predicted octanol–water partition coefficient (Wildman–Crippen LogP) is 13.0. The molecule has 3 unspecified atom stereocenters. The van der Waals surface area contributed by atoms with Gasteiger partial charge in [-0.3, -0.25) is 13.8 Å². The fourth-order valence-electron chi connectivity index (χ4n) is 6.06. The van der Waals surface area contributed by atoms with Crippen LogP contribution in [0, 0.1) is 0 Å². The van der Waals surface area contributed by atoms with Gasteiger partial charge in [-0.25, -0.2) is 4.57 Å². The summed E-state index contributed by atoms with van der Waals surface area (Å²) >= 11 is 0. The highest BCUT2D eigenvalue weighted by atomic mass is 31.2. The van der Waals surface area contributed by atoms with Crippen molar-refractivity contribution in [2.45, 2.75) is 193 Å². The van der Waals surface area contributed by atoms with Gasteiger partial charge in [0.1, 0.15) is 0 Å². The Morgan fingerprint density at radius 3 is 1.56 bits per heavy atom. The third-order valence-electron chi connectivity index (χ3n) is 9.45. The van der Waals surface area contributed by atoms with Gasteiger partial charge in [-0.15, -0.1) is 0 Å². The highest BCUT2D eigenvalue weighted by molar-refractivity contribution is 7.47. The average molecular weight is 817 g/mol. The molecule has 0 spiro atoms. The van der Waals surface area contributed by atoms with E-state index in [2.05, 4.69) is 92.1 Å². The fraction of sp³-hybridized carbons (Fsp3) is 0.688. The number of aliphatic hydroxyl groups excluding tert-OH is 1. The summed E-state index contributed by atoms with van der Waals surface area (Å²) in [5.74, 6) is -0.219. The molecule has 57 heavy (non-hydrogen) atoms. The predicted molar refractivity (Wildman–Crippen MR) is 244 cm³/mol. The van der Waals surface area contributed by atoms with Crippen molar-refractivity contribution in [3.05, 3.63) is 85.1 Å². The number of hydrogen-bond acceptors (Lipinski definition) is 6. The Morgan fingerprint density at radius 2 is 1.04 bits per heavy atom. The van der Waals surface area contributed by atoms with Crippen LogP contribution < -0.4 is 11.1 Å². The molecule has 0 saturated carbocycles. The van der Waals surface area contributed by atoms with Gasteiger partial charge in [0.15, 0.2) is 0 Å². The van der Waals surface area contributed by atoms with Crippen molar-refractivity contribution in [2.24, 2.45) is 5.73 Å². The van der Waals surface area contributed by atoms with Crippen LogP contribution in [-0.2, 0) is 18.4 Å². The van der Waals surface area contributed by atoms with Crippen molar-refractivity contribution in [3.8, 4) is 0 Å². The maximum absolute atomic E-state index is 12.8. The smallest absolute Gasteiger partial charge is 0.387 e. The normalized spacial score (nSPS) is 14.8. The van der Waals surface area contributed by atoms with E-state index < -0.39 is 20.0 Å². The molecule has 0 aliphatic heterocycles. The molecule has 1 amide bonds. The van der Waals surface area contributed by atoms with Crippen molar-refractivity contribution < 1.29 is 28.4 Å². The minimum Gasteiger partial charge on any atom is -0.387 e. The van der Waals surface area contributed by atoms with Gasteiger partial charge in [-0.05, 0) is 77.0 Å². The fourth-order valence-corrected chi connectivity index (χ4v) is 6.82. The number of hydrogen-bond donors (Lipinski definition) is 4. The lowest BCUT2D eigenvalue weighted by Crippen LogP contribution is -2.45. The summed E-state index contributed by atoms with van der Waals surface area (Å²) in [7, 11) is -4.36. The zero-order valence-electron chi connectivity index (χ0n) is 36.3. The maximum Gasteiger partial charge on any atom is 0.472 e. The minimum atomic E-state index is -4.36. The molecule has 0 radical (unpaired) electrons. The van der Waals surface area contributed by atoms with Crippen LogP contribution >= 0.6 is 7.82 Å². The number of unbranched alkanes of at least 4 members (excludes halogenated alkanes) is 17. The lowest BCUT2D eigenvalue weighted by Gasteiger charge is -2.23. The quantitative estimate of drug-likeness (QED) is 0.0274. The third-order valence-corrected chi connectivity index (χ3v) is 10.4. The largest absolute Gasteiger partial charge is 0.472 e. The topological polar surface area (TPSA) is 131 Å². The van der Waals surface area contributed by atoms with Crippen molar-refractivity contribution in [1.29, 1.82) is 0 Å². The third kappa shape index (κ3) is 41.6. The first-order valence-corrected chi connectivity index (χ1v) is 24.2. The van der Waals surface area contributed by atoms with E-state index in [9.17, 15) is 19.4 Å². The standard InChI is InChI=1S/C48H85N2O6P/c1-3-5-7-9-11-13-15-17-19-20-21-22-23-24-25-26-28-30-32-34-36-38-40-42-48(52)50-46(45-56-57(53,54)55-44-43-49)47(51)41-39-37-35-33-31-29-27-18-16-14-12-10-8-6-4-2/h5,7,11,13,17,19,21-22,24-25,31,33,39,41,46-47,51H,3-4,6,8-10,12,14-16,18,20,23,26-30,32,34-38,40,42-45,49H2,1-2H3,(H,50,52)(H,53,54)/b7-5-,13-11-,19-17-,22-21-,25-24-,33-31+,41-39+. The molecule has 0 heterocycles. The first-order valence-electron chi connectivity index (χ1n) is 22.7. The van der Waals surface area contributed by atoms with E-state index >= 15 is 0 Å². The Labute approximate surface area is 349 Å². The van der Waals surface area contributed by atoms with Gasteiger partial charge in [0.25, 0.3) is 0 Å². The van der Waals surface area contributed by atoms with Crippen LogP contribution in [0.4, 0.5) is 0 Å². The van der Waals surface area contributed by atoms with Crippen molar-refractivity contribution in [2.75, 3.05) is 19.8 Å². The molecule has 328 valence electrons. The van der Waals surface area contributed by atoms with Gasteiger partial charge >= 0.3 is 7.82 Å². The second-order valence-electron chi connectivity index (χ2n) is 14.9. The molecule has 5 N–H and O–H groups in total. The summed E-state index contributed by atoms with van der Waals surface area (Å²) in [6.07, 6.45) is 57.8. The second-order valence-corrected chi connectivity index (χ2v) is 16.3. The van der Waals surface area contributed by atoms with Crippen molar-refractivity contribution in [3.63, 3.8) is 0 Å². The van der Waals surface area contributed by atoms with E-state index in [1.165, 1.54) is 77.0 Å². The maximum atomic E-state index is 12.8. The second kappa shape index (κ2) is 43.3. The number of allylic oxidation sites excluding steroid dienone is 13. The molecule has 0 saturated heterocycles. The lowest BCUT2D eigenvalue weighted by atomic mass is 10.1. The molecular formula is C48H85N2O6P. The molecule has 0 aliphatic carbocycles. The van der Waals surface area contributed by atoms with Crippen LogP contribution in [0.2, 0.25) is 0 Å². The molecule has 8 nitrogen and oxygen atoms in total. The number of amides is 1. The molecule has 0 aliphatic rings. The van der Waals surface area contributed by atoms with E-state index in [4.69, 9.17) is 14.8 Å². The Kier molecular flexibility index (Phi) is 41.5. The van der Waals surface area contributed by atoms with Gasteiger partial charge in [0, 0.05) is 13.0 Å². The molecule has 0 fully saturated rings. The van der Waals surface area contributed by atoms with Crippen LogP contribution in [0.5, 0.6) is 0 Å². The first kappa shape index (κ1) is 54.7. The number of nitrogens with one attached hydrogen (secondary N) is 1. The van der Waals surface area contributed by atoms with E-state index in [1.807, 2.05) is 6.08 Å². The molecule has 0 aromatic heterocycles. The van der Waals surface area contributed by atoms with Crippen LogP contribution in [0.3, 0.4) is 0 Å². The lowest BCUT2D eigenvalue weighted by molar-refractivity contribution is -0.123. The molecular weight excluding hydrogens is 732 g/mol. The summed E-state index contributed by atoms with van der Waals surface area (Å²) in [6, 6.07) is -0.888. The number of rotatable bonds is 41. The molecule has 0 aromatic carbocycles. The SMILES string of the molecule is CC/C=C\C/C=C\C/C=C\C/C=C\C/C=C\CCCCCCCCCC(=O)NC(COP(=O)(O)OCCN)C(O)/C=C/CC/C=C/CCCCCCCCCCC. The highest BCUT2D eigenvalue weighted by Gasteiger charge is 2.26. The van der Waals surface area contributed by atoms with Crippen LogP contribution in [0.25, 0.3) is 0 Å². The van der Waals surface area contributed by atoms with Crippen LogP contribution in [0.15, 0.2) is 85.1 Å². The zero-order chi connectivity index (χ0) is 41.8. The number of carbonyl (C=O) groups is 1. The van der Waals surface area contributed by atoms with Crippen LogP contribution in [-0.4, -0.2) is 47.8 Å². The van der Waals surface area contributed by atoms with Gasteiger partial charge in [0.2, 0.25) is 5.91 Å². The number of phosphoric acid groups is 1. The number of nitrogens with two attached hydrogens (primary N) is 1. The number of aliphatic hydroxyl groups is 1. The molecule has 0 aromatic rings. The molecule has 0 rings (SSSR count). The van der Waals surface area contributed by atoms with E-state index in [1.54, 1.807) is 6.08 Å². The highest BCUT2D eigenvalue weighted by Crippen LogP contribution is 2.43. The Balaban J connectivity index is 4.25. The molecule has 9 heteroatoms. The molecule has 0 bridgehead atoms. The first-order chi connectivity index (χ1) is 27.9. The average Bonchev–Trinajstić information content (AvgIpc) is 3.20.